The lowest BCUT2D eigenvalue weighted by Crippen LogP contribution is -1.98. The number of nitrogens with zero attached hydrogens (tertiary/aromatic N) is 6. The Morgan fingerprint density at radius 1 is 1.08 bits per heavy atom. The molecule has 4 rings (SSSR count). The van der Waals surface area contributed by atoms with Crippen molar-refractivity contribution in [3.63, 3.8) is 0 Å². The highest BCUT2D eigenvalue weighted by Gasteiger charge is 2.13. The lowest BCUT2D eigenvalue weighted by atomic mass is 10.1. The lowest BCUT2D eigenvalue weighted by Gasteiger charge is -2.02. The minimum Gasteiger partial charge on any atom is -0.338 e. The van der Waals surface area contributed by atoms with E-state index in [-0.39, 0.29) is 0 Å². The summed E-state index contributed by atoms with van der Waals surface area (Å²) >= 11 is 7.34. The first kappa shape index (κ1) is 16.7. The number of rotatable bonds is 5. The standard InChI is InChI=1S/C17H13ClN6OS/c1-11-2-4-12(5-3-11)16-19-15(25-21-16)10-26-17-20-22-23-24(17)14-8-6-13(18)7-9-14/h2-9H,10H2,1H3. The van der Waals surface area contributed by atoms with Crippen LogP contribution in [0.1, 0.15) is 11.5 Å². The van der Waals surface area contributed by atoms with E-state index in [9.17, 15) is 0 Å². The van der Waals surface area contributed by atoms with E-state index in [1.54, 1.807) is 16.8 Å². The Bertz CT molecular complexity index is 1010. The fraction of sp³-hybridized carbons (Fsp3) is 0.118. The van der Waals surface area contributed by atoms with Crippen molar-refractivity contribution in [2.75, 3.05) is 0 Å². The van der Waals surface area contributed by atoms with Gasteiger partial charge < -0.3 is 4.52 Å². The van der Waals surface area contributed by atoms with Crippen LogP contribution < -0.4 is 0 Å². The fourth-order valence-corrected chi connectivity index (χ4v) is 3.13. The van der Waals surface area contributed by atoms with Crippen LogP contribution in [0.25, 0.3) is 17.1 Å². The molecule has 0 saturated carbocycles. The van der Waals surface area contributed by atoms with E-state index in [0.717, 1.165) is 11.3 Å². The summed E-state index contributed by atoms with van der Waals surface area (Å²) in [5.74, 6) is 1.54. The first-order chi connectivity index (χ1) is 12.7. The summed E-state index contributed by atoms with van der Waals surface area (Å²) in [5, 5.41) is 17.1. The van der Waals surface area contributed by atoms with Crippen molar-refractivity contribution in [1.82, 2.24) is 30.3 Å². The summed E-state index contributed by atoms with van der Waals surface area (Å²) in [7, 11) is 0. The molecular formula is C17H13ClN6OS. The van der Waals surface area contributed by atoms with E-state index < -0.39 is 0 Å². The summed E-state index contributed by atoms with van der Waals surface area (Å²) in [4.78, 5) is 4.43. The van der Waals surface area contributed by atoms with Crippen molar-refractivity contribution in [2.24, 2.45) is 0 Å². The molecule has 0 aliphatic heterocycles. The normalized spacial score (nSPS) is 11.0. The molecule has 0 atom stereocenters. The van der Waals surface area contributed by atoms with Crippen LogP contribution in [0.15, 0.2) is 58.2 Å². The molecule has 4 aromatic rings. The van der Waals surface area contributed by atoms with Gasteiger partial charge >= 0.3 is 0 Å². The van der Waals surface area contributed by atoms with Gasteiger partial charge in [-0.1, -0.05) is 58.3 Å². The molecule has 7 nitrogen and oxygen atoms in total. The zero-order chi connectivity index (χ0) is 17.9. The Labute approximate surface area is 158 Å². The molecule has 130 valence electrons. The topological polar surface area (TPSA) is 82.5 Å². The fourth-order valence-electron chi connectivity index (χ4n) is 2.27. The highest BCUT2D eigenvalue weighted by molar-refractivity contribution is 7.98. The zero-order valence-electron chi connectivity index (χ0n) is 13.7. The summed E-state index contributed by atoms with van der Waals surface area (Å²) in [6, 6.07) is 15.3. The number of benzene rings is 2. The second-order valence-corrected chi connectivity index (χ2v) is 6.90. The molecule has 0 unspecified atom stereocenters. The van der Waals surface area contributed by atoms with Crippen LogP contribution in [0, 0.1) is 6.92 Å². The van der Waals surface area contributed by atoms with Gasteiger partial charge in [0.05, 0.1) is 11.4 Å². The smallest absolute Gasteiger partial charge is 0.237 e. The van der Waals surface area contributed by atoms with Crippen molar-refractivity contribution in [1.29, 1.82) is 0 Å². The average molecular weight is 385 g/mol. The van der Waals surface area contributed by atoms with Crippen LogP contribution in [-0.2, 0) is 5.75 Å². The molecule has 2 heterocycles. The average Bonchev–Trinajstić information content (AvgIpc) is 3.30. The molecule has 0 saturated heterocycles. The van der Waals surface area contributed by atoms with Crippen molar-refractivity contribution >= 4 is 23.4 Å². The van der Waals surface area contributed by atoms with Crippen molar-refractivity contribution in [3.05, 3.63) is 65.0 Å². The number of aromatic nitrogens is 6. The molecule has 26 heavy (non-hydrogen) atoms. The van der Waals surface area contributed by atoms with Gasteiger partial charge in [-0.2, -0.15) is 9.67 Å². The van der Waals surface area contributed by atoms with Gasteiger partial charge in [0.15, 0.2) is 0 Å². The van der Waals surface area contributed by atoms with E-state index in [1.807, 2.05) is 43.3 Å². The van der Waals surface area contributed by atoms with E-state index in [4.69, 9.17) is 16.1 Å². The van der Waals surface area contributed by atoms with Gasteiger partial charge in [-0.3, -0.25) is 0 Å². The van der Waals surface area contributed by atoms with Gasteiger partial charge in [-0.05, 0) is 41.6 Å². The number of hydrogen-bond acceptors (Lipinski definition) is 7. The van der Waals surface area contributed by atoms with Gasteiger partial charge in [-0.25, -0.2) is 0 Å². The Morgan fingerprint density at radius 2 is 1.85 bits per heavy atom. The summed E-state index contributed by atoms with van der Waals surface area (Å²) in [6.45, 7) is 2.03. The number of thioether (sulfide) groups is 1. The summed E-state index contributed by atoms with van der Waals surface area (Å²) < 4.78 is 6.97. The van der Waals surface area contributed by atoms with E-state index in [1.165, 1.54) is 17.3 Å². The maximum absolute atomic E-state index is 5.92. The number of tetrazole rings is 1. The number of hydrogen-bond donors (Lipinski definition) is 0. The third-order valence-corrected chi connectivity index (χ3v) is 4.77. The molecule has 0 spiro atoms. The molecule has 2 aromatic heterocycles. The van der Waals surface area contributed by atoms with Crippen LogP contribution in [-0.4, -0.2) is 30.3 Å². The second kappa shape index (κ2) is 7.27. The molecule has 0 radical (unpaired) electrons. The maximum atomic E-state index is 5.92. The Balaban J connectivity index is 1.48. The predicted molar refractivity (Wildman–Crippen MR) is 98.2 cm³/mol. The monoisotopic (exact) mass is 384 g/mol. The van der Waals surface area contributed by atoms with E-state index in [0.29, 0.717) is 27.6 Å². The molecule has 2 aromatic carbocycles. The van der Waals surface area contributed by atoms with Gasteiger partial charge in [0.1, 0.15) is 0 Å². The van der Waals surface area contributed by atoms with Gasteiger partial charge in [-0.15, -0.1) is 5.10 Å². The summed E-state index contributed by atoms with van der Waals surface area (Å²) in [5.41, 5.74) is 2.93. The molecular weight excluding hydrogens is 372 g/mol. The van der Waals surface area contributed by atoms with Crippen LogP contribution in [0.4, 0.5) is 0 Å². The van der Waals surface area contributed by atoms with Crippen molar-refractivity contribution < 1.29 is 4.52 Å². The minimum atomic E-state index is 0.465. The maximum Gasteiger partial charge on any atom is 0.237 e. The molecule has 0 amide bonds. The molecule has 9 heteroatoms. The Hall–Kier alpha value is -2.71. The predicted octanol–water partition coefficient (Wildman–Crippen LogP) is 3.97. The van der Waals surface area contributed by atoms with Gasteiger partial charge in [0.2, 0.25) is 16.9 Å². The van der Waals surface area contributed by atoms with E-state index in [2.05, 4.69) is 25.7 Å². The second-order valence-electron chi connectivity index (χ2n) is 5.52. The largest absolute Gasteiger partial charge is 0.338 e. The van der Waals surface area contributed by atoms with Crippen LogP contribution >= 0.6 is 23.4 Å². The Morgan fingerprint density at radius 3 is 2.62 bits per heavy atom. The SMILES string of the molecule is Cc1ccc(-c2noc(CSc3nnnn3-c3ccc(Cl)cc3)n2)cc1. The van der Waals surface area contributed by atoms with Crippen LogP contribution in [0.3, 0.4) is 0 Å². The molecule has 0 fully saturated rings. The molecule has 0 bridgehead atoms. The molecule has 0 aliphatic rings. The molecule has 0 aliphatic carbocycles. The highest BCUT2D eigenvalue weighted by Crippen LogP contribution is 2.24. The first-order valence-electron chi connectivity index (χ1n) is 7.76. The van der Waals surface area contributed by atoms with Gasteiger partial charge in [0, 0.05) is 10.6 Å². The zero-order valence-corrected chi connectivity index (χ0v) is 15.3. The van der Waals surface area contributed by atoms with Crippen molar-refractivity contribution in [3.8, 4) is 17.1 Å². The van der Waals surface area contributed by atoms with Gasteiger partial charge in [0.25, 0.3) is 0 Å². The van der Waals surface area contributed by atoms with Crippen molar-refractivity contribution in [2.45, 2.75) is 17.8 Å². The van der Waals surface area contributed by atoms with Crippen LogP contribution in [0.2, 0.25) is 5.02 Å². The number of halogens is 1. The summed E-state index contributed by atoms with van der Waals surface area (Å²) in [6.07, 6.45) is 0. The van der Waals surface area contributed by atoms with E-state index >= 15 is 0 Å². The first-order valence-corrected chi connectivity index (χ1v) is 9.12. The Kier molecular flexibility index (Phi) is 4.68. The lowest BCUT2D eigenvalue weighted by molar-refractivity contribution is 0.391. The quantitative estimate of drug-likeness (QED) is 0.481. The molecule has 0 N–H and O–H groups in total. The third kappa shape index (κ3) is 3.61. The minimum absolute atomic E-state index is 0.465. The third-order valence-electron chi connectivity index (χ3n) is 3.61. The number of aryl methyl sites for hydroxylation is 1. The van der Waals surface area contributed by atoms with Crippen LogP contribution in [0.5, 0.6) is 0 Å². The highest BCUT2D eigenvalue weighted by atomic mass is 35.5.